The van der Waals surface area contributed by atoms with E-state index in [1.54, 1.807) is 0 Å². The average Bonchev–Trinajstić information content (AvgIpc) is 2.66. The minimum absolute atomic E-state index is 0.0836. The third-order valence-electron chi connectivity index (χ3n) is 2.52. The van der Waals surface area contributed by atoms with Crippen molar-refractivity contribution in [3.05, 3.63) is 34.4 Å². The van der Waals surface area contributed by atoms with Gasteiger partial charge in [0.05, 0.1) is 10.7 Å². The standard InChI is InChI=1S/C11H10ClFN2O4S/c1-5-11(6(2)19-14-5)20(17,18)15-9-3-7(12)10(16)4-8(9)13/h3-4,15-16H,1-2H3. The summed E-state index contributed by atoms with van der Waals surface area (Å²) in [5, 5.41) is 12.6. The fourth-order valence-electron chi connectivity index (χ4n) is 1.67. The molecule has 6 nitrogen and oxygen atoms in total. The summed E-state index contributed by atoms with van der Waals surface area (Å²) in [5.74, 6) is -1.35. The quantitative estimate of drug-likeness (QED) is 0.848. The number of sulfonamides is 1. The first-order valence-corrected chi connectivity index (χ1v) is 7.22. The Bertz CT molecular complexity index is 753. The van der Waals surface area contributed by atoms with Crippen LogP contribution < -0.4 is 4.72 Å². The largest absolute Gasteiger partial charge is 0.506 e. The van der Waals surface area contributed by atoms with Crippen LogP contribution in [0.3, 0.4) is 0 Å². The second-order valence-corrected chi connectivity index (χ2v) is 6.07. The van der Waals surface area contributed by atoms with Crippen molar-refractivity contribution in [3.63, 3.8) is 0 Å². The molecule has 0 bridgehead atoms. The van der Waals surface area contributed by atoms with Gasteiger partial charge in [0.1, 0.15) is 11.4 Å². The Morgan fingerprint density at radius 3 is 2.60 bits per heavy atom. The molecule has 9 heteroatoms. The molecule has 0 atom stereocenters. The molecule has 0 radical (unpaired) electrons. The van der Waals surface area contributed by atoms with E-state index in [4.69, 9.17) is 16.1 Å². The molecule has 0 amide bonds. The van der Waals surface area contributed by atoms with E-state index < -0.39 is 21.6 Å². The number of hydrogen-bond acceptors (Lipinski definition) is 5. The molecule has 0 aliphatic heterocycles. The highest BCUT2D eigenvalue weighted by Gasteiger charge is 2.25. The number of phenols is 1. The van der Waals surface area contributed by atoms with Gasteiger partial charge in [-0.1, -0.05) is 16.8 Å². The molecule has 0 unspecified atom stereocenters. The van der Waals surface area contributed by atoms with Gasteiger partial charge in [-0.2, -0.15) is 0 Å². The van der Waals surface area contributed by atoms with Gasteiger partial charge in [0.2, 0.25) is 0 Å². The first-order valence-electron chi connectivity index (χ1n) is 5.36. The summed E-state index contributed by atoms with van der Waals surface area (Å²) in [6, 6.07) is 1.69. The van der Waals surface area contributed by atoms with E-state index in [0.29, 0.717) is 6.07 Å². The van der Waals surface area contributed by atoms with Crippen LogP contribution >= 0.6 is 11.6 Å². The van der Waals surface area contributed by atoms with Crippen LogP contribution in [0.5, 0.6) is 5.75 Å². The van der Waals surface area contributed by atoms with Gasteiger partial charge in [0.25, 0.3) is 10.0 Å². The number of rotatable bonds is 3. The average molecular weight is 321 g/mol. The normalized spacial score (nSPS) is 11.6. The lowest BCUT2D eigenvalue weighted by Crippen LogP contribution is -2.15. The molecule has 0 aliphatic rings. The molecule has 0 fully saturated rings. The molecule has 2 aromatic rings. The monoisotopic (exact) mass is 320 g/mol. The van der Waals surface area contributed by atoms with Crippen molar-refractivity contribution in [1.82, 2.24) is 5.16 Å². The van der Waals surface area contributed by atoms with Gasteiger partial charge in [-0.15, -0.1) is 0 Å². The highest BCUT2D eigenvalue weighted by molar-refractivity contribution is 7.92. The zero-order chi connectivity index (χ0) is 15.1. The summed E-state index contributed by atoms with van der Waals surface area (Å²) in [5.41, 5.74) is -0.229. The molecule has 1 heterocycles. The van der Waals surface area contributed by atoms with Crippen LogP contribution in [0.15, 0.2) is 21.6 Å². The molecule has 1 aromatic carbocycles. The maximum atomic E-state index is 13.6. The Labute approximate surface area is 119 Å². The number of anilines is 1. The third-order valence-corrected chi connectivity index (χ3v) is 4.43. The highest BCUT2D eigenvalue weighted by atomic mass is 35.5. The summed E-state index contributed by atoms with van der Waals surface area (Å²) in [6.45, 7) is 2.87. The van der Waals surface area contributed by atoms with E-state index in [1.807, 2.05) is 4.72 Å². The molecule has 1 aromatic heterocycles. The maximum absolute atomic E-state index is 13.6. The van der Waals surface area contributed by atoms with Crippen LogP contribution in [0.1, 0.15) is 11.5 Å². The number of aromatic hydroxyl groups is 1. The van der Waals surface area contributed by atoms with E-state index in [1.165, 1.54) is 13.8 Å². The Morgan fingerprint density at radius 2 is 2.05 bits per heavy atom. The minimum Gasteiger partial charge on any atom is -0.506 e. The second kappa shape index (κ2) is 4.95. The fourth-order valence-corrected chi connectivity index (χ4v) is 3.22. The number of aromatic nitrogens is 1. The van der Waals surface area contributed by atoms with Gasteiger partial charge in [-0.25, -0.2) is 12.8 Å². The molecule has 0 saturated carbocycles. The molecular formula is C11H10ClFN2O4S. The zero-order valence-electron chi connectivity index (χ0n) is 10.4. The fraction of sp³-hybridized carbons (Fsp3) is 0.182. The van der Waals surface area contributed by atoms with Gasteiger partial charge in [-0.05, 0) is 19.9 Å². The molecule has 20 heavy (non-hydrogen) atoms. The summed E-state index contributed by atoms with van der Waals surface area (Å²) < 4.78 is 44.8. The smallest absolute Gasteiger partial charge is 0.267 e. The zero-order valence-corrected chi connectivity index (χ0v) is 12.0. The van der Waals surface area contributed by atoms with Crippen LogP contribution in [0.25, 0.3) is 0 Å². The SMILES string of the molecule is Cc1noc(C)c1S(=O)(=O)Nc1cc(Cl)c(O)cc1F. The van der Waals surface area contributed by atoms with Gasteiger partial charge in [0.15, 0.2) is 16.5 Å². The Balaban J connectivity index is 2.47. The predicted molar refractivity (Wildman–Crippen MR) is 69.9 cm³/mol. The number of nitrogens with zero attached hydrogens (tertiary/aromatic N) is 1. The topological polar surface area (TPSA) is 92.4 Å². The van der Waals surface area contributed by atoms with Crippen molar-refractivity contribution >= 4 is 27.3 Å². The van der Waals surface area contributed by atoms with Crippen LogP contribution in [0.4, 0.5) is 10.1 Å². The highest BCUT2D eigenvalue weighted by Crippen LogP contribution is 2.31. The predicted octanol–water partition coefficient (Wildman–Crippen LogP) is 2.59. The number of hydrogen-bond donors (Lipinski definition) is 2. The number of phenolic OH excluding ortho intramolecular Hbond substituents is 1. The minimum atomic E-state index is -4.07. The van der Waals surface area contributed by atoms with Crippen molar-refractivity contribution in [3.8, 4) is 5.75 Å². The van der Waals surface area contributed by atoms with Crippen molar-refractivity contribution in [2.24, 2.45) is 0 Å². The summed E-state index contributed by atoms with van der Waals surface area (Å²) in [6.07, 6.45) is 0. The van der Waals surface area contributed by atoms with Crippen LogP contribution in [0, 0.1) is 19.7 Å². The number of aryl methyl sites for hydroxylation is 2. The lowest BCUT2D eigenvalue weighted by molar-refractivity contribution is 0.390. The number of halogens is 2. The lowest BCUT2D eigenvalue weighted by atomic mass is 10.3. The van der Waals surface area contributed by atoms with Crippen molar-refractivity contribution in [2.75, 3.05) is 4.72 Å². The summed E-state index contributed by atoms with van der Waals surface area (Å²) in [4.78, 5) is -0.166. The molecule has 2 rings (SSSR count). The molecule has 0 spiro atoms. The second-order valence-electron chi connectivity index (χ2n) is 4.04. The molecule has 108 valence electrons. The van der Waals surface area contributed by atoms with E-state index in [-0.39, 0.29) is 27.1 Å². The summed E-state index contributed by atoms with van der Waals surface area (Å²) >= 11 is 5.62. The van der Waals surface area contributed by atoms with E-state index >= 15 is 0 Å². The van der Waals surface area contributed by atoms with Gasteiger partial charge in [-0.3, -0.25) is 4.72 Å². The van der Waals surface area contributed by atoms with Crippen molar-refractivity contribution < 1.29 is 22.4 Å². The maximum Gasteiger partial charge on any atom is 0.267 e. The Hall–Kier alpha value is -1.80. The molecule has 0 saturated heterocycles. The third kappa shape index (κ3) is 2.56. The first-order chi connectivity index (χ1) is 9.22. The van der Waals surface area contributed by atoms with E-state index in [0.717, 1.165) is 6.07 Å². The van der Waals surface area contributed by atoms with E-state index in [9.17, 15) is 17.9 Å². The molecule has 2 N–H and O–H groups in total. The molecule has 0 aliphatic carbocycles. The van der Waals surface area contributed by atoms with Crippen LogP contribution in [-0.4, -0.2) is 18.7 Å². The lowest BCUT2D eigenvalue weighted by Gasteiger charge is -2.09. The van der Waals surface area contributed by atoms with Crippen LogP contribution in [0.2, 0.25) is 5.02 Å². The Morgan fingerprint density at radius 1 is 1.40 bits per heavy atom. The van der Waals surface area contributed by atoms with Crippen molar-refractivity contribution in [1.29, 1.82) is 0 Å². The number of nitrogens with one attached hydrogen (secondary N) is 1. The van der Waals surface area contributed by atoms with Gasteiger partial charge < -0.3 is 9.63 Å². The van der Waals surface area contributed by atoms with Crippen LogP contribution in [-0.2, 0) is 10.0 Å². The first kappa shape index (κ1) is 14.6. The Kier molecular flexibility index (Phi) is 3.61. The van der Waals surface area contributed by atoms with Gasteiger partial charge >= 0.3 is 0 Å². The van der Waals surface area contributed by atoms with Gasteiger partial charge in [0, 0.05) is 6.07 Å². The summed E-state index contributed by atoms with van der Waals surface area (Å²) in [7, 11) is -4.07. The van der Waals surface area contributed by atoms with E-state index in [2.05, 4.69) is 5.16 Å². The van der Waals surface area contributed by atoms with Crippen molar-refractivity contribution in [2.45, 2.75) is 18.7 Å². The number of benzene rings is 1. The molecular weight excluding hydrogens is 311 g/mol.